The molecule has 0 fully saturated rings. The van der Waals surface area contributed by atoms with Crippen LogP contribution < -0.4 is 10.6 Å². The quantitative estimate of drug-likeness (QED) is 0.881. The van der Waals surface area contributed by atoms with Gasteiger partial charge in [0.2, 0.25) is 5.13 Å². The summed E-state index contributed by atoms with van der Waals surface area (Å²) >= 11 is 1.19. The van der Waals surface area contributed by atoms with E-state index in [1.54, 1.807) is 6.92 Å². The van der Waals surface area contributed by atoms with Gasteiger partial charge in [-0.1, -0.05) is 11.3 Å². The predicted molar refractivity (Wildman–Crippen MR) is 63.6 cm³/mol. The molecule has 0 aliphatic carbocycles. The molecule has 0 aliphatic heterocycles. The summed E-state index contributed by atoms with van der Waals surface area (Å²) in [7, 11) is 0. The molecular formula is C10H8F2N4OS. The zero-order valence-electron chi connectivity index (χ0n) is 9.20. The minimum absolute atomic E-state index is 0.116. The molecule has 5 nitrogen and oxygen atoms in total. The number of rotatable bonds is 2. The van der Waals surface area contributed by atoms with E-state index in [-0.39, 0.29) is 5.69 Å². The number of nitrogens with one attached hydrogen (secondary N) is 2. The standard InChI is InChI=1S/C10H8F2N4OS/c1-5-15-16-10(18-5)14-9(17)13-8-3-2-6(11)4-7(8)12/h2-4H,1H3,(H2,13,14,16,17). The summed E-state index contributed by atoms with van der Waals surface area (Å²) in [6.45, 7) is 1.74. The van der Waals surface area contributed by atoms with Crippen molar-refractivity contribution in [1.29, 1.82) is 0 Å². The first kappa shape index (κ1) is 12.4. The lowest BCUT2D eigenvalue weighted by atomic mass is 10.3. The van der Waals surface area contributed by atoms with Gasteiger partial charge in [0.1, 0.15) is 16.6 Å². The third-order valence-electron chi connectivity index (χ3n) is 1.93. The number of benzene rings is 1. The van der Waals surface area contributed by atoms with E-state index in [0.717, 1.165) is 12.1 Å². The molecule has 18 heavy (non-hydrogen) atoms. The first-order valence-electron chi connectivity index (χ1n) is 4.88. The summed E-state index contributed by atoms with van der Waals surface area (Å²) in [6.07, 6.45) is 0. The van der Waals surface area contributed by atoms with Gasteiger partial charge in [-0.3, -0.25) is 5.32 Å². The van der Waals surface area contributed by atoms with Crippen LogP contribution >= 0.6 is 11.3 Å². The van der Waals surface area contributed by atoms with Gasteiger partial charge >= 0.3 is 6.03 Å². The number of hydrogen-bond acceptors (Lipinski definition) is 4. The molecule has 2 rings (SSSR count). The number of anilines is 2. The fourth-order valence-electron chi connectivity index (χ4n) is 1.19. The average molecular weight is 270 g/mol. The van der Waals surface area contributed by atoms with Gasteiger partial charge in [-0.15, -0.1) is 10.2 Å². The molecule has 1 heterocycles. The number of aromatic nitrogens is 2. The van der Waals surface area contributed by atoms with E-state index in [2.05, 4.69) is 20.8 Å². The lowest BCUT2D eigenvalue weighted by molar-refractivity contribution is 0.262. The van der Waals surface area contributed by atoms with Gasteiger partial charge in [0, 0.05) is 6.07 Å². The minimum atomic E-state index is -0.849. The molecule has 0 atom stereocenters. The van der Waals surface area contributed by atoms with E-state index in [0.29, 0.717) is 16.2 Å². The molecule has 0 saturated heterocycles. The molecule has 0 saturated carbocycles. The SMILES string of the molecule is Cc1nnc(NC(=O)Nc2ccc(F)cc2F)s1. The van der Waals surface area contributed by atoms with Crippen molar-refractivity contribution in [2.75, 3.05) is 10.6 Å². The monoisotopic (exact) mass is 270 g/mol. The summed E-state index contributed by atoms with van der Waals surface area (Å²) in [5.74, 6) is -1.56. The highest BCUT2D eigenvalue weighted by molar-refractivity contribution is 7.15. The molecular weight excluding hydrogens is 262 g/mol. The highest BCUT2D eigenvalue weighted by Gasteiger charge is 2.09. The minimum Gasteiger partial charge on any atom is -0.305 e. The Morgan fingerprint density at radius 3 is 2.67 bits per heavy atom. The lowest BCUT2D eigenvalue weighted by Gasteiger charge is -2.05. The Balaban J connectivity index is 2.03. The van der Waals surface area contributed by atoms with Gasteiger partial charge < -0.3 is 5.32 Å². The predicted octanol–water partition coefficient (Wildman–Crippen LogP) is 2.77. The number of carbonyl (C=O) groups is 1. The number of aryl methyl sites for hydroxylation is 1. The van der Waals surface area contributed by atoms with Crippen molar-refractivity contribution in [1.82, 2.24) is 10.2 Å². The molecule has 2 N–H and O–H groups in total. The first-order chi connectivity index (χ1) is 8.54. The van der Waals surface area contributed by atoms with E-state index < -0.39 is 17.7 Å². The van der Waals surface area contributed by atoms with Crippen molar-refractivity contribution in [2.24, 2.45) is 0 Å². The number of carbonyl (C=O) groups excluding carboxylic acids is 1. The Kier molecular flexibility index (Phi) is 3.47. The van der Waals surface area contributed by atoms with Crippen LogP contribution in [0, 0.1) is 18.6 Å². The van der Waals surface area contributed by atoms with Crippen molar-refractivity contribution >= 4 is 28.2 Å². The fourth-order valence-corrected chi connectivity index (χ4v) is 1.78. The average Bonchev–Trinajstić information content (AvgIpc) is 2.68. The maximum Gasteiger partial charge on any atom is 0.325 e. The van der Waals surface area contributed by atoms with Gasteiger partial charge in [0.05, 0.1) is 5.69 Å². The Morgan fingerprint density at radius 1 is 1.28 bits per heavy atom. The largest absolute Gasteiger partial charge is 0.325 e. The molecule has 0 aliphatic rings. The zero-order chi connectivity index (χ0) is 13.1. The second-order valence-electron chi connectivity index (χ2n) is 3.33. The van der Waals surface area contributed by atoms with E-state index >= 15 is 0 Å². The zero-order valence-corrected chi connectivity index (χ0v) is 10.0. The van der Waals surface area contributed by atoms with Crippen molar-refractivity contribution in [3.8, 4) is 0 Å². The van der Waals surface area contributed by atoms with E-state index in [1.807, 2.05) is 0 Å². The highest BCUT2D eigenvalue weighted by atomic mass is 32.1. The molecule has 0 bridgehead atoms. The molecule has 0 spiro atoms. The molecule has 1 aromatic carbocycles. The summed E-state index contributed by atoms with van der Waals surface area (Å²) in [6, 6.07) is 2.20. The molecule has 94 valence electrons. The van der Waals surface area contributed by atoms with Crippen molar-refractivity contribution < 1.29 is 13.6 Å². The molecule has 0 unspecified atom stereocenters. The normalized spacial score (nSPS) is 10.2. The first-order valence-corrected chi connectivity index (χ1v) is 5.69. The maximum atomic E-state index is 13.2. The van der Waals surface area contributed by atoms with Gasteiger partial charge in [-0.2, -0.15) is 0 Å². The van der Waals surface area contributed by atoms with Crippen LogP contribution in [0.15, 0.2) is 18.2 Å². The lowest BCUT2D eigenvalue weighted by Crippen LogP contribution is -2.20. The maximum absolute atomic E-state index is 13.2. The molecule has 1 aromatic heterocycles. The van der Waals surface area contributed by atoms with Crippen LogP contribution in [0.1, 0.15) is 5.01 Å². The van der Waals surface area contributed by atoms with E-state index in [9.17, 15) is 13.6 Å². The van der Waals surface area contributed by atoms with Crippen LogP contribution in [-0.2, 0) is 0 Å². The van der Waals surface area contributed by atoms with Gasteiger partial charge in [0.15, 0.2) is 0 Å². The van der Waals surface area contributed by atoms with Crippen LogP contribution in [0.25, 0.3) is 0 Å². The van der Waals surface area contributed by atoms with Crippen molar-refractivity contribution in [3.63, 3.8) is 0 Å². The summed E-state index contributed by atoms with van der Waals surface area (Å²) < 4.78 is 25.9. The van der Waals surface area contributed by atoms with E-state index in [1.165, 1.54) is 11.3 Å². The summed E-state index contributed by atoms with van der Waals surface area (Å²) in [5, 5.41) is 13.0. The van der Waals surface area contributed by atoms with Crippen LogP contribution in [0.2, 0.25) is 0 Å². The number of nitrogens with zero attached hydrogens (tertiary/aromatic N) is 2. The second kappa shape index (κ2) is 5.05. The molecule has 0 radical (unpaired) electrons. The third-order valence-corrected chi connectivity index (χ3v) is 2.68. The summed E-state index contributed by atoms with van der Waals surface area (Å²) in [4.78, 5) is 11.5. The van der Waals surface area contributed by atoms with Crippen molar-refractivity contribution in [3.05, 3.63) is 34.8 Å². The molecule has 2 aromatic rings. The molecule has 8 heteroatoms. The number of amides is 2. The third kappa shape index (κ3) is 2.98. The highest BCUT2D eigenvalue weighted by Crippen LogP contribution is 2.17. The van der Waals surface area contributed by atoms with Crippen molar-refractivity contribution in [2.45, 2.75) is 6.92 Å². The summed E-state index contributed by atoms with van der Waals surface area (Å²) in [5.41, 5.74) is -0.116. The number of halogens is 2. The fraction of sp³-hybridized carbons (Fsp3) is 0.100. The Morgan fingerprint density at radius 2 is 2.06 bits per heavy atom. The smallest absolute Gasteiger partial charge is 0.305 e. The van der Waals surface area contributed by atoms with E-state index in [4.69, 9.17) is 0 Å². The number of urea groups is 1. The van der Waals surface area contributed by atoms with Crippen LogP contribution in [-0.4, -0.2) is 16.2 Å². The van der Waals surface area contributed by atoms with Crippen LogP contribution in [0.3, 0.4) is 0 Å². The Hall–Kier alpha value is -2.09. The van der Waals surface area contributed by atoms with Gasteiger partial charge in [0.25, 0.3) is 0 Å². The number of hydrogen-bond donors (Lipinski definition) is 2. The Bertz CT molecular complexity index is 587. The van der Waals surface area contributed by atoms with Gasteiger partial charge in [-0.25, -0.2) is 13.6 Å². The van der Waals surface area contributed by atoms with Gasteiger partial charge in [-0.05, 0) is 19.1 Å². The van der Waals surface area contributed by atoms with Crippen LogP contribution in [0.4, 0.5) is 24.4 Å². The Labute approximate surface area is 105 Å². The topological polar surface area (TPSA) is 66.9 Å². The van der Waals surface area contributed by atoms with Crippen LogP contribution in [0.5, 0.6) is 0 Å². The molecule has 2 amide bonds. The second-order valence-corrected chi connectivity index (χ2v) is 4.51.